The second-order valence-corrected chi connectivity index (χ2v) is 3.84. The van der Waals surface area contributed by atoms with E-state index >= 15 is 0 Å². The minimum absolute atomic E-state index is 0.155. The van der Waals surface area contributed by atoms with E-state index in [9.17, 15) is 13.6 Å². The SMILES string of the molecule is CC(F)[C@H]1COC(=O)N1c1nc(Cl)ncc1F. The van der Waals surface area contributed by atoms with E-state index in [4.69, 9.17) is 11.6 Å². The van der Waals surface area contributed by atoms with E-state index in [1.54, 1.807) is 0 Å². The Kier molecular flexibility index (Phi) is 3.10. The molecule has 1 aliphatic heterocycles. The van der Waals surface area contributed by atoms with Crippen LogP contribution in [0.25, 0.3) is 0 Å². The van der Waals surface area contributed by atoms with Crippen LogP contribution in [0.1, 0.15) is 6.92 Å². The molecule has 0 saturated carbocycles. The molecule has 1 amide bonds. The molecule has 0 aromatic carbocycles. The van der Waals surface area contributed by atoms with Gasteiger partial charge in [0.2, 0.25) is 5.28 Å². The Labute approximate surface area is 100 Å². The maximum Gasteiger partial charge on any atom is 0.416 e. The van der Waals surface area contributed by atoms with Crippen LogP contribution in [0.4, 0.5) is 19.4 Å². The zero-order valence-corrected chi connectivity index (χ0v) is 9.49. The molecule has 17 heavy (non-hydrogen) atoms. The molecule has 1 aromatic heterocycles. The fraction of sp³-hybridized carbons (Fsp3) is 0.444. The summed E-state index contributed by atoms with van der Waals surface area (Å²) in [4.78, 5) is 19.2. The standard InChI is InChI=1S/C9H8ClF2N3O2/c1-4(11)6-3-17-9(16)15(6)7-5(12)2-13-8(10)14-7/h2,4,6H,3H2,1H3/t4?,6-/m1/s1. The van der Waals surface area contributed by atoms with Crippen molar-refractivity contribution in [2.24, 2.45) is 0 Å². The van der Waals surface area contributed by atoms with Gasteiger partial charge in [-0.1, -0.05) is 0 Å². The minimum Gasteiger partial charge on any atom is -0.447 e. The number of amides is 1. The third kappa shape index (κ3) is 2.14. The number of anilines is 1. The normalized spacial score (nSPS) is 21.5. The molecule has 0 bridgehead atoms. The third-order valence-electron chi connectivity index (χ3n) is 2.36. The number of ether oxygens (including phenoxy) is 1. The highest BCUT2D eigenvalue weighted by molar-refractivity contribution is 6.28. The van der Waals surface area contributed by atoms with Crippen molar-refractivity contribution in [3.05, 3.63) is 17.3 Å². The van der Waals surface area contributed by atoms with Crippen LogP contribution in [0.2, 0.25) is 5.28 Å². The second-order valence-electron chi connectivity index (χ2n) is 3.50. The summed E-state index contributed by atoms with van der Waals surface area (Å²) < 4.78 is 31.4. The molecule has 92 valence electrons. The van der Waals surface area contributed by atoms with Gasteiger partial charge in [0.25, 0.3) is 0 Å². The van der Waals surface area contributed by atoms with Crippen LogP contribution in [-0.2, 0) is 4.74 Å². The number of hydrogen-bond donors (Lipinski definition) is 0. The summed E-state index contributed by atoms with van der Waals surface area (Å²) in [5.41, 5.74) is 0. The van der Waals surface area contributed by atoms with Gasteiger partial charge in [-0.25, -0.2) is 23.5 Å². The summed E-state index contributed by atoms with van der Waals surface area (Å²) in [5.74, 6) is -1.24. The number of carbonyl (C=O) groups is 1. The monoisotopic (exact) mass is 263 g/mol. The van der Waals surface area contributed by atoms with Crippen LogP contribution in [0.5, 0.6) is 0 Å². The van der Waals surface area contributed by atoms with Crippen molar-refractivity contribution in [1.82, 2.24) is 9.97 Å². The van der Waals surface area contributed by atoms with Gasteiger partial charge in [-0.15, -0.1) is 0 Å². The summed E-state index contributed by atoms with van der Waals surface area (Å²) in [7, 11) is 0. The Balaban J connectivity index is 2.42. The minimum atomic E-state index is -1.38. The highest BCUT2D eigenvalue weighted by Crippen LogP contribution is 2.26. The molecule has 1 saturated heterocycles. The molecule has 8 heteroatoms. The first-order valence-corrected chi connectivity index (χ1v) is 5.16. The molecule has 1 aromatic rings. The molecule has 0 radical (unpaired) electrons. The molecule has 5 nitrogen and oxygen atoms in total. The Morgan fingerprint density at radius 2 is 2.41 bits per heavy atom. The zero-order chi connectivity index (χ0) is 12.6. The lowest BCUT2D eigenvalue weighted by Gasteiger charge is -2.21. The van der Waals surface area contributed by atoms with Gasteiger partial charge in [0.05, 0.1) is 6.20 Å². The lowest BCUT2D eigenvalue weighted by Crippen LogP contribution is -2.40. The molecule has 1 unspecified atom stereocenters. The summed E-state index contributed by atoms with van der Waals surface area (Å²) in [6, 6.07) is -0.914. The maximum atomic E-state index is 13.5. The average Bonchev–Trinajstić information content (AvgIpc) is 2.64. The van der Waals surface area contributed by atoms with E-state index in [1.807, 2.05) is 0 Å². The van der Waals surface area contributed by atoms with E-state index in [2.05, 4.69) is 14.7 Å². The first-order chi connectivity index (χ1) is 8.00. The predicted molar refractivity (Wildman–Crippen MR) is 55.2 cm³/mol. The summed E-state index contributed by atoms with van der Waals surface area (Å²) in [6.45, 7) is 1.10. The zero-order valence-electron chi connectivity index (χ0n) is 8.73. The highest BCUT2D eigenvalue weighted by Gasteiger charge is 2.40. The van der Waals surface area contributed by atoms with Crippen LogP contribution in [0.3, 0.4) is 0 Å². The maximum absolute atomic E-state index is 13.5. The van der Waals surface area contributed by atoms with Crippen LogP contribution in [-0.4, -0.2) is 34.9 Å². The number of nitrogens with zero attached hydrogens (tertiary/aromatic N) is 3. The van der Waals surface area contributed by atoms with Gasteiger partial charge in [0.1, 0.15) is 18.8 Å². The van der Waals surface area contributed by atoms with Crippen LogP contribution in [0.15, 0.2) is 6.20 Å². The van der Waals surface area contributed by atoms with Gasteiger partial charge >= 0.3 is 6.09 Å². The predicted octanol–water partition coefficient (Wildman–Crippen LogP) is 1.95. The number of cyclic esters (lactones) is 1. The molecule has 0 aliphatic carbocycles. The van der Waals surface area contributed by atoms with Gasteiger partial charge < -0.3 is 4.74 Å². The van der Waals surface area contributed by atoms with Crippen molar-refractivity contribution in [3.8, 4) is 0 Å². The smallest absolute Gasteiger partial charge is 0.416 e. The number of alkyl halides is 1. The Morgan fingerprint density at radius 3 is 3.06 bits per heavy atom. The van der Waals surface area contributed by atoms with Gasteiger partial charge in [-0.05, 0) is 18.5 Å². The van der Waals surface area contributed by atoms with E-state index in [-0.39, 0.29) is 17.7 Å². The second kappa shape index (κ2) is 4.40. The molecule has 1 fully saturated rings. The van der Waals surface area contributed by atoms with Gasteiger partial charge in [0.15, 0.2) is 11.6 Å². The molecule has 0 N–H and O–H groups in total. The van der Waals surface area contributed by atoms with Crippen molar-refractivity contribution in [2.45, 2.75) is 19.1 Å². The molecule has 2 atom stereocenters. The third-order valence-corrected chi connectivity index (χ3v) is 2.54. The molecular weight excluding hydrogens is 256 g/mol. The Morgan fingerprint density at radius 1 is 1.71 bits per heavy atom. The van der Waals surface area contributed by atoms with Crippen molar-refractivity contribution < 1.29 is 18.3 Å². The number of hydrogen-bond acceptors (Lipinski definition) is 4. The molecule has 2 heterocycles. The largest absolute Gasteiger partial charge is 0.447 e. The van der Waals surface area contributed by atoms with Crippen molar-refractivity contribution in [3.63, 3.8) is 0 Å². The average molecular weight is 264 g/mol. The number of aromatic nitrogens is 2. The van der Waals surface area contributed by atoms with Crippen molar-refractivity contribution >= 4 is 23.5 Å². The summed E-state index contributed by atoms with van der Waals surface area (Å²) >= 11 is 5.51. The highest BCUT2D eigenvalue weighted by atomic mass is 35.5. The van der Waals surface area contributed by atoms with Crippen molar-refractivity contribution in [1.29, 1.82) is 0 Å². The van der Waals surface area contributed by atoms with Crippen molar-refractivity contribution in [2.75, 3.05) is 11.5 Å². The fourth-order valence-corrected chi connectivity index (χ4v) is 1.65. The van der Waals surface area contributed by atoms with Crippen LogP contribution < -0.4 is 4.90 Å². The fourth-order valence-electron chi connectivity index (χ4n) is 1.52. The van der Waals surface area contributed by atoms with Crippen LogP contribution >= 0.6 is 11.6 Å². The van der Waals surface area contributed by atoms with Gasteiger partial charge in [0, 0.05) is 0 Å². The molecular formula is C9H8ClF2N3O2. The Hall–Kier alpha value is -1.50. The first kappa shape index (κ1) is 12.0. The molecule has 1 aliphatic rings. The van der Waals surface area contributed by atoms with Gasteiger partial charge in [-0.2, -0.15) is 4.98 Å². The quantitative estimate of drug-likeness (QED) is 0.766. The van der Waals surface area contributed by atoms with Gasteiger partial charge in [-0.3, -0.25) is 0 Å². The first-order valence-electron chi connectivity index (χ1n) is 4.79. The van der Waals surface area contributed by atoms with Crippen LogP contribution in [0, 0.1) is 5.82 Å². The molecule has 0 spiro atoms. The summed E-state index contributed by atoms with van der Waals surface area (Å²) in [6.07, 6.45) is -1.42. The topological polar surface area (TPSA) is 55.3 Å². The Bertz CT molecular complexity index is 458. The summed E-state index contributed by atoms with van der Waals surface area (Å²) in [5, 5.41) is -0.230. The lowest BCUT2D eigenvalue weighted by atomic mass is 10.2. The van der Waals surface area contributed by atoms with E-state index in [0.717, 1.165) is 11.1 Å². The number of rotatable bonds is 2. The number of carbonyl (C=O) groups excluding carboxylic acids is 1. The molecule has 2 rings (SSSR count). The number of halogens is 3. The van der Waals surface area contributed by atoms with E-state index in [0.29, 0.717) is 0 Å². The van der Waals surface area contributed by atoms with E-state index in [1.165, 1.54) is 6.92 Å². The van der Waals surface area contributed by atoms with E-state index < -0.39 is 24.1 Å². The lowest BCUT2D eigenvalue weighted by molar-refractivity contribution is 0.174.